The van der Waals surface area contributed by atoms with Crippen molar-refractivity contribution in [2.75, 3.05) is 46.5 Å². The van der Waals surface area contributed by atoms with E-state index in [-0.39, 0.29) is 24.0 Å². The van der Waals surface area contributed by atoms with Gasteiger partial charge in [0.15, 0.2) is 5.96 Å². The molecule has 0 spiro atoms. The summed E-state index contributed by atoms with van der Waals surface area (Å²) in [6, 6.07) is 16.7. The predicted octanol–water partition coefficient (Wildman–Crippen LogP) is 3.19. The van der Waals surface area contributed by atoms with Crippen LogP contribution in [0.25, 0.3) is 0 Å². The van der Waals surface area contributed by atoms with E-state index in [0.717, 1.165) is 56.7 Å². The molecular weight excluding hydrogens is 491 g/mol. The number of morpholine rings is 1. The second-order valence-corrected chi connectivity index (χ2v) is 7.21. The molecule has 1 aliphatic rings. The Morgan fingerprint density at radius 2 is 1.73 bits per heavy atom. The van der Waals surface area contributed by atoms with Crippen LogP contribution >= 0.6 is 24.0 Å². The average molecular weight is 524 g/mol. The highest BCUT2D eigenvalue weighted by molar-refractivity contribution is 14.0. The fourth-order valence-corrected chi connectivity index (χ4v) is 3.16. The summed E-state index contributed by atoms with van der Waals surface area (Å²) in [6.07, 6.45) is 0. The maximum absolute atomic E-state index is 5.94. The lowest BCUT2D eigenvalue weighted by molar-refractivity contribution is 0.0322. The summed E-state index contributed by atoms with van der Waals surface area (Å²) in [4.78, 5) is 6.68. The molecule has 6 nitrogen and oxygen atoms in total. The molecule has 2 N–H and O–H groups in total. The first kappa shape index (κ1) is 24.4. The minimum absolute atomic E-state index is 0. The van der Waals surface area contributed by atoms with Crippen molar-refractivity contribution in [1.29, 1.82) is 0 Å². The van der Waals surface area contributed by atoms with Gasteiger partial charge in [-0.2, -0.15) is 0 Å². The van der Waals surface area contributed by atoms with Crippen molar-refractivity contribution in [3.63, 3.8) is 0 Å². The van der Waals surface area contributed by atoms with Crippen LogP contribution in [0.15, 0.2) is 53.5 Å². The molecule has 0 bridgehead atoms. The molecule has 3 rings (SSSR count). The van der Waals surface area contributed by atoms with Crippen molar-refractivity contribution >= 4 is 29.9 Å². The van der Waals surface area contributed by atoms with Gasteiger partial charge in [-0.1, -0.05) is 42.0 Å². The highest BCUT2D eigenvalue weighted by Gasteiger charge is 2.09. The average Bonchev–Trinajstić information content (AvgIpc) is 2.76. The number of aliphatic imine (C=N–C) groups is 1. The van der Waals surface area contributed by atoms with E-state index in [1.54, 1.807) is 7.05 Å². The van der Waals surface area contributed by atoms with Crippen LogP contribution in [0, 0.1) is 6.92 Å². The number of nitrogens with one attached hydrogen (secondary N) is 2. The third-order valence-electron chi connectivity index (χ3n) is 4.94. The maximum atomic E-state index is 5.94. The summed E-state index contributed by atoms with van der Waals surface area (Å²) < 4.78 is 11.3. The molecule has 164 valence electrons. The summed E-state index contributed by atoms with van der Waals surface area (Å²) in [5, 5.41) is 6.72. The molecule has 7 heteroatoms. The molecule has 0 unspecified atom stereocenters. The number of halogens is 1. The van der Waals surface area contributed by atoms with Gasteiger partial charge in [-0.25, -0.2) is 0 Å². The number of rotatable bonds is 8. The largest absolute Gasteiger partial charge is 0.492 e. The summed E-state index contributed by atoms with van der Waals surface area (Å²) in [5.41, 5.74) is 3.66. The highest BCUT2D eigenvalue weighted by Crippen LogP contribution is 2.13. The Bertz CT molecular complexity index is 777. The van der Waals surface area contributed by atoms with Crippen LogP contribution in [0.2, 0.25) is 0 Å². The normalized spacial score (nSPS) is 14.7. The van der Waals surface area contributed by atoms with E-state index in [4.69, 9.17) is 9.47 Å². The van der Waals surface area contributed by atoms with Crippen molar-refractivity contribution in [1.82, 2.24) is 15.5 Å². The Balaban J connectivity index is 0.00000320. The Labute approximate surface area is 197 Å². The molecule has 1 heterocycles. The number of guanidine groups is 1. The van der Waals surface area contributed by atoms with E-state index in [1.807, 2.05) is 12.1 Å². The number of aryl methyl sites for hydroxylation is 1. The van der Waals surface area contributed by atoms with Crippen LogP contribution in [0.1, 0.15) is 16.7 Å². The highest BCUT2D eigenvalue weighted by atomic mass is 127. The lowest BCUT2D eigenvalue weighted by atomic mass is 10.1. The second kappa shape index (κ2) is 13.5. The minimum atomic E-state index is 0. The third-order valence-corrected chi connectivity index (χ3v) is 4.94. The first-order chi connectivity index (χ1) is 14.2. The first-order valence-corrected chi connectivity index (χ1v) is 10.2. The fourth-order valence-electron chi connectivity index (χ4n) is 3.16. The molecule has 1 saturated heterocycles. The zero-order valence-electron chi connectivity index (χ0n) is 17.9. The van der Waals surface area contributed by atoms with Crippen LogP contribution in [0.5, 0.6) is 5.75 Å². The molecule has 2 aromatic rings. The molecule has 0 radical (unpaired) electrons. The van der Waals surface area contributed by atoms with Crippen LogP contribution in [0.4, 0.5) is 0 Å². The van der Waals surface area contributed by atoms with E-state index in [9.17, 15) is 0 Å². The Hall–Kier alpha value is -1.84. The van der Waals surface area contributed by atoms with Gasteiger partial charge in [0.2, 0.25) is 0 Å². The second-order valence-electron chi connectivity index (χ2n) is 7.21. The quantitative estimate of drug-likeness (QED) is 0.316. The maximum Gasteiger partial charge on any atom is 0.191 e. The van der Waals surface area contributed by atoms with Crippen molar-refractivity contribution in [2.45, 2.75) is 20.0 Å². The fraction of sp³-hybridized carbons (Fsp3) is 0.435. The Morgan fingerprint density at radius 1 is 1.03 bits per heavy atom. The van der Waals surface area contributed by atoms with Gasteiger partial charge in [0.25, 0.3) is 0 Å². The van der Waals surface area contributed by atoms with Crippen molar-refractivity contribution in [3.8, 4) is 5.75 Å². The molecule has 0 saturated carbocycles. The topological polar surface area (TPSA) is 58.1 Å². The SMILES string of the molecule is CN=C(NCc1ccc(C)cc1)NCc1cccc(OCCN2CCOCC2)c1.I. The molecule has 0 amide bonds. The Morgan fingerprint density at radius 3 is 2.43 bits per heavy atom. The van der Waals surface area contributed by atoms with Crippen LogP contribution in [-0.4, -0.2) is 57.4 Å². The van der Waals surface area contributed by atoms with Gasteiger partial charge >= 0.3 is 0 Å². The summed E-state index contributed by atoms with van der Waals surface area (Å²) in [7, 11) is 1.79. The summed E-state index contributed by atoms with van der Waals surface area (Å²) in [6.45, 7) is 8.76. The zero-order valence-corrected chi connectivity index (χ0v) is 20.2. The Kier molecular flexibility index (Phi) is 11.0. The molecule has 1 fully saturated rings. The van der Waals surface area contributed by atoms with Gasteiger partial charge in [-0.05, 0) is 30.2 Å². The van der Waals surface area contributed by atoms with Gasteiger partial charge in [0.05, 0.1) is 13.2 Å². The standard InChI is InChI=1S/C23H32N4O2.HI/c1-19-6-8-20(9-7-19)17-25-23(24-2)26-18-21-4-3-5-22(16-21)29-15-12-27-10-13-28-14-11-27;/h3-9,16H,10-15,17-18H2,1-2H3,(H2,24,25,26);1H. The first-order valence-electron chi connectivity index (χ1n) is 10.2. The van der Waals surface area contributed by atoms with Crippen molar-refractivity contribution < 1.29 is 9.47 Å². The smallest absolute Gasteiger partial charge is 0.191 e. The lowest BCUT2D eigenvalue weighted by Crippen LogP contribution is -2.38. The van der Waals surface area contributed by atoms with Crippen LogP contribution in [-0.2, 0) is 17.8 Å². The van der Waals surface area contributed by atoms with E-state index >= 15 is 0 Å². The zero-order chi connectivity index (χ0) is 20.3. The van der Waals surface area contributed by atoms with Gasteiger partial charge in [0, 0.05) is 39.8 Å². The number of benzene rings is 2. The van der Waals surface area contributed by atoms with E-state index in [0.29, 0.717) is 13.2 Å². The lowest BCUT2D eigenvalue weighted by Gasteiger charge is -2.26. The number of nitrogens with zero attached hydrogens (tertiary/aromatic N) is 2. The van der Waals surface area contributed by atoms with Crippen LogP contribution < -0.4 is 15.4 Å². The number of hydrogen-bond donors (Lipinski definition) is 2. The molecule has 30 heavy (non-hydrogen) atoms. The number of hydrogen-bond acceptors (Lipinski definition) is 4. The van der Waals surface area contributed by atoms with Gasteiger partial charge < -0.3 is 20.1 Å². The van der Waals surface area contributed by atoms with Gasteiger partial charge in [-0.15, -0.1) is 24.0 Å². The van der Waals surface area contributed by atoms with Crippen molar-refractivity contribution in [3.05, 3.63) is 65.2 Å². The molecule has 0 atom stereocenters. The summed E-state index contributed by atoms with van der Waals surface area (Å²) in [5.74, 6) is 1.68. The molecule has 2 aromatic carbocycles. The van der Waals surface area contributed by atoms with Gasteiger partial charge in [0.1, 0.15) is 12.4 Å². The third kappa shape index (κ3) is 8.49. The molecule has 0 aromatic heterocycles. The minimum Gasteiger partial charge on any atom is -0.492 e. The molecule has 1 aliphatic heterocycles. The molecular formula is C23H33IN4O2. The predicted molar refractivity (Wildman–Crippen MR) is 133 cm³/mol. The van der Waals surface area contributed by atoms with Gasteiger partial charge in [-0.3, -0.25) is 9.89 Å². The molecule has 0 aliphatic carbocycles. The van der Waals surface area contributed by atoms with E-state index in [1.165, 1.54) is 11.1 Å². The van der Waals surface area contributed by atoms with Crippen molar-refractivity contribution in [2.24, 2.45) is 4.99 Å². The number of ether oxygens (including phenoxy) is 2. The van der Waals surface area contributed by atoms with E-state index < -0.39 is 0 Å². The van der Waals surface area contributed by atoms with Crippen LogP contribution in [0.3, 0.4) is 0 Å². The monoisotopic (exact) mass is 524 g/mol. The van der Waals surface area contributed by atoms with E-state index in [2.05, 4.69) is 63.8 Å². The summed E-state index contributed by atoms with van der Waals surface area (Å²) >= 11 is 0.